The van der Waals surface area contributed by atoms with Crippen molar-refractivity contribution in [1.82, 2.24) is 15.0 Å². The van der Waals surface area contributed by atoms with Crippen molar-refractivity contribution >= 4 is 39.5 Å². The first-order chi connectivity index (χ1) is 9.99. The van der Waals surface area contributed by atoms with E-state index in [4.69, 9.17) is 0 Å². The zero-order valence-electron chi connectivity index (χ0n) is 12.0. The smallest absolute Gasteiger partial charge is 0.233 e. The minimum absolute atomic E-state index is 0.283. The summed E-state index contributed by atoms with van der Waals surface area (Å²) in [5.41, 5.74) is 0.302. The van der Waals surface area contributed by atoms with Crippen molar-refractivity contribution in [2.24, 2.45) is 0 Å². The highest BCUT2D eigenvalue weighted by atomic mass is 79.9. The molecule has 2 rings (SSSR count). The van der Waals surface area contributed by atoms with Gasteiger partial charge >= 0.3 is 0 Å². The van der Waals surface area contributed by atoms with Gasteiger partial charge in [0.2, 0.25) is 17.8 Å². The van der Waals surface area contributed by atoms with Crippen molar-refractivity contribution in [3.05, 3.63) is 28.5 Å². The first-order valence-corrected chi connectivity index (χ1v) is 7.18. The molecule has 1 aromatic carbocycles. The van der Waals surface area contributed by atoms with E-state index in [0.29, 0.717) is 28.6 Å². The fourth-order valence-electron chi connectivity index (χ4n) is 1.57. The quantitative estimate of drug-likeness (QED) is 0.860. The number of benzene rings is 1. The summed E-state index contributed by atoms with van der Waals surface area (Å²) in [6, 6.07) is 4.73. The van der Waals surface area contributed by atoms with Gasteiger partial charge in [0.05, 0.1) is 5.69 Å². The number of aromatic nitrogens is 3. The monoisotopic (exact) mass is 354 g/mol. The van der Waals surface area contributed by atoms with Crippen LogP contribution in [0.5, 0.6) is 0 Å². The normalized spacial score (nSPS) is 10.3. The molecule has 0 aliphatic carbocycles. The average Bonchev–Trinajstić information content (AvgIpc) is 2.42. The number of halogens is 2. The summed E-state index contributed by atoms with van der Waals surface area (Å²) in [6.45, 7) is 2.63. The molecule has 0 saturated heterocycles. The molecule has 1 heterocycles. The number of nitrogens with one attached hydrogen (secondary N) is 2. The van der Waals surface area contributed by atoms with Crippen LogP contribution in [0, 0.1) is 5.82 Å². The lowest BCUT2D eigenvalue weighted by Crippen LogP contribution is -2.16. The number of hydrogen-bond donors (Lipinski definition) is 2. The lowest BCUT2D eigenvalue weighted by Gasteiger charge is -2.14. The highest BCUT2D eigenvalue weighted by Crippen LogP contribution is 2.22. The van der Waals surface area contributed by atoms with Gasteiger partial charge in [0.1, 0.15) is 5.82 Å². The molecule has 0 spiro atoms. The second-order valence-electron chi connectivity index (χ2n) is 4.46. The molecular weight excluding hydrogens is 339 g/mol. The van der Waals surface area contributed by atoms with E-state index in [-0.39, 0.29) is 11.8 Å². The number of rotatable bonds is 5. The van der Waals surface area contributed by atoms with Gasteiger partial charge in [-0.1, -0.05) is 15.9 Å². The SMILES string of the molecule is CCNc1nc(Nc2ccc(Br)cc2F)nc(N(C)C)n1. The molecule has 0 saturated carbocycles. The summed E-state index contributed by atoms with van der Waals surface area (Å²) in [4.78, 5) is 14.5. The zero-order chi connectivity index (χ0) is 15.4. The lowest BCUT2D eigenvalue weighted by atomic mass is 10.3. The van der Waals surface area contributed by atoms with E-state index in [1.54, 1.807) is 17.0 Å². The number of hydrogen-bond acceptors (Lipinski definition) is 6. The van der Waals surface area contributed by atoms with Crippen LogP contribution in [-0.4, -0.2) is 35.6 Å². The van der Waals surface area contributed by atoms with Gasteiger partial charge in [-0.05, 0) is 25.1 Å². The molecule has 8 heteroatoms. The minimum Gasteiger partial charge on any atom is -0.354 e. The van der Waals surface area contributed by atoms with E-state index in [9.17, 15) is 4.39 Å². The second-order valence-corrected chi connectivity index (χ2v) is 5.37. The molecule has 0 atom stereocenters. The third kappa shape index (κ3) is 4.01. The Hall–Kier alpha value is -1.96. The van der Waals surface area contributed by atoms with Crippen LogP contribution in [0.15, 0.2) is 22.7 Å². The third-order valence-electron chi connectivity index (χ3n) is 2.54. The summed E-state index contributed by atoms with van der Waals surface area (Å²) >= 11 is 3.22. The Balaban J connectivity index is 2.33. The number of nitrogens with zero attached hydrogens (tertiary/aromatic N) is 4. The summed E-state index contributed by atoms with van der Waals surface area (Å²) in [7, 11) is 3.66. The lowest BCUT2D eigenvalue weighted by molar-refractivity contribution is 0.630. The molecule has 0 fully saturated rings. The molecule has 0 aliphatic rings. The Morgan fingerprint density at radius 3 is 2.52 bits per heavy atom. The van der Waals surface area contributed by atoms with Crippen molar-refractivity contribution in [3.63, 3.8) is 0 Å². The van der Waals surface area contributed by atoms with Gasteiger partial charge in [0.15, 0.2) is 0 Å². The van der Waals surface area contributed by atoms with Crippen molar-refractivity contribution in [3.8, 4) is 0 Å². The Bertz CT molecular complexity index is 634. The van der Waals surface area contributed by atoms with E-state index in [1.165, 1.54) is 6.07 Å². The first kappa shape index (κ1) is 15.4. The van der Waals surface area contributed by atoms with Gasteiger partial charge in [-0.3, -0.25) is 0 Å². The predicted octanol–water partition coefficient (Wildman–Crippen LogP) is 3.01. The molecule has 2 aromatic rings. The maximum absolute atomic E-state index is 13.9. The summed E-state index contributed by atoms with van der Waals surface area (Å²) in [5, 5.41) is 5.89. The molecule has 0 aliphatic heterocycles. The fourth-order valence-corrected chi connectivity index (χ4v) is 1.90. The highest BCUT2D eigenvalue weighted by molar-refractivity contribution is 9.10. The Morgan fingerprint density at radius 1 is 1.19 bits per heavy atom. The average molecular weight is 355 g/mol. The van der Waals surface area contributed by atoms with Crippen LogP contribution in [-0.2, 0) is 0 Å². The molecule has 0 amide bonds. The topological polar surface area (TPSA) is 66.0 Å². The van der Waals surface area contributed by atoms with Crippen LogP contribution < -0.4 is 15.5 Å². The largest absolute Gasteiger partial charge is 0.354 e. The van der Waals surface area contributed by atoms with E-state index >= 15 is 0 Å². The molecule has 6 nitrogen and oxygen atoms in total. The van der Waals surface area contributed by atoms with Crippen LogP contribution in [0.2, 0.25) is 0 Å². The first-order valence-electron chi connectivity index (χ1n) is 6.39. The highest BCUT2D eigenvalue weighted by Gasteiger charge is 2.10. The minimum atomic E-state index is -0.388. The van der Waals surface area contributed by atoms with Gasteiger partial charge < -0.3 is 15.5 Å². The Morgan fingerprint density at radius 2 is 1.90 bits per heavy atom. The Kier molecular flexibility index (Phi) is 4.89. The van der Waals surface area contributed by atoms with Crippen molar-refractivity contribution in [2.75, 3.05) is 36.2 Å². The van der Waals surface area contributed by atoms with E-state index in [1.807, 2.05) is 21.0 Å². The van der Waals surface area contributed by atoms with Crippen LogP contribution in [0.1, 0.15) is 6.92 Å². The van der Waals surface area contributed by atoms with Gasteiger partial charge in [-0.15, -0.1) is 0 Å². The van der Waals surface area contributed by atoms with Gasteiger partial charge in [-0.25, -0.2) is 4.39 Å². The van der Waals surface area contributed by atoms with E-state index < -0.39 is 0 Å². The maximum Gasteiger partial charge on any atom is 0.233 e. The van der Waals surface area contributed by atoms with Gasteiger partial charge in [0.25, 0.3) is 0 Å². The molecule has 1 aromatic heterocycles. The van der Waals surface area contributed by atoms with Crippen LogP contribution in [0.3, 0.4) is 0 Å². The molecule has 2 N–H and O–H groups in total. The van der Waals surface area contributed by atoms with E-state index in [0.717, 1.165) is 0 Å². The standard InChI is InChI=1S/C13H16BrFN6/c1-4-16-11-18-12(20-13(19-11)21(2)3)17-10-6-5-8(14)7-9(10)15/h5-7H,4H2,1-3H3,(H2,16,17,18,19,20). The van der Waals surface area contributed by atoms with Gasteiger partial charge in [0, 0.05) is 25.1 Å². The molecule has 0 bridgehead atoms. The van der Waals surface area contributed by atoms with Crippen molar-refractivity contribution in [2.45, 2.75) is 6.92 Å². The second kappa shape index (κ2) is 6.66. The molecular formula is C13H16BrFN6. The fraction of sp³-hybridized carbons (Fsp3) is 0.308. The number of anilines is 4. The summed E-state index contributed by atoms with van der Waals surface area (Å²) < 4.78 is 14.5. The molecule has 21 heavy (non-hydrogen) atoms. The van der Waals surface area contributed by atoms with Gasteiger partial charge in [-0.2, -0.15) is 15.0 Å². The third-order valence-corrected chi connectivity index (χ3v) is 3.03. The Labute approximate surface area is 130 Å². The van der Waals surface area contributed by atoms with E-state index in [2.05, 4.69) is 41.5 Å². The van der Waals surface area contributed by atoms with Crippen LogP contribution >= 0.6 is 15.9 Å². The predicted molar refractivity (Wildman–Crippen MR) is 85.7 cm³/mol. The summed E-state index contributed by atoms with van der Waals surface area (Å²) in [6.07, 6.45) is 0. The zero-order valence-corrected chi connectivity index (χ0v) is 13.6. The van der Waals surface area contributed by atoms with Crippen LogP contribution in [0.4, 0.5) is 27.9 Å². The maximum atomic E-state index is 13.9. The van der Waals surface area contributed by atoms with Crippen molar-refractivity contribution in [1.29, 1.82) is 0 Å². The van der Waals surface area contributed by atoms with Crippen LogP contribution in [0.25, 0.3) is 0 Å². The molecule has 0 unspecified atom stereocenters. The molecule has 112 valence electrons. The van der Waals surface area contributed by atoms with Crippen molar-refractivity contribution < 1.29 is 4.39 Å². The summed E-state index contributed by atoms with van der Waals surface area (Å²) in [5.74, 6) is 0.823. The molecule has 0 radical (unpaired) electrons.